The molecule has 1 fully saturated rings. The number of benzene rings is 1. The van der Waals surface area contributed by atoms with Crippen molar-refractivity contribution in [3.05, 3.63) is 29.3 Å². The first-order chi connectivity index (χ1) is 9.81. The largest absolute Gasteiger partial charge is 0.493 e. The second-order valence-electron chi connectivity index (χ2n) is 6.28. The Labute approximate surface area is 122 Å². The lowest BCUT2D eigenvalue weighted by Gasteiger charge is -2.20. The molecule has 0 aromatic heterocycles. The molecule has 3 heteroatoms. The Balaban J connectivity index is 1.40. The summed E-state index contributed by atoms with van der Waals surface area (Å²) in [6.45, 7) is 9.11. The first kappa shape index (κ1) is 13.9. The fourth-order valence-electron chi connectivity index (χ4n) is 3.28. The van der Waals surface area contributed by atoms with E-state index < -0.39 is 0 Å². The molecule has 0 saturated carbocycles. The molecule has 0 spiro atoms. The Morgan fingerprint density at radius 2 is 2.15 bits per heavy atom. The molecular formula is C17H26N2O. The number of rotatable bonds is 6. The molecule has 0 radical (unpaired) electrons. The van der Waals surface area contributed by atoms with Gasteiger partial charge in [0.05, 0.1) is 6.61 Å². The van der Waals surface area contributed by atoms with Crippen molar-refractivity contribution in [2.24, 2.45) is 5.92 Å². The molecule has 1 N–H and O–H groups in total. The van der Waals surface area contributed by atoms with Gasteiger partial charge in [-0.2, -0.15) is 0 Å². The molecule has 1 unspecified atom stereocenters. The quantitative estimate of drug-likeness (QED) is 0.862. The predicted octanol–water partition coefficient (Wildman–Crippen LogP) is 2.44. The van der Waals surface area contributed by atoms with Crippen LogP contribution in [0.5, 0.6) is 5.75 Å². The highest BCUT2D eigenvalue weighted by Gasteiger charge is 2.15. The Bertz CT molecular complexity index is 441. The van der Waals surface area contributed by atoms with Gasteiger partial charge in [0.2, 0.25) is 0 Å². The average Bonchev–Trinajstić information content (AvgIpc) is 3.09. The summed E-state index contributed by atoms with van der Waals surface area (Å²) in [6.07, 6.45) is 3.84. The van der Waals surface area contributed by atoms with E-state index in [1.807, 2.05) is 0 Å². The molecule has 110 valence electrons. The van der Waals surface area contributed by atoms with Gasteiger partial charge in [0.1, 0.15) is 5.75 Å². The van der Waals surface area contributed by atoms with E-state index in [-0.39, 0.29) is 0 Å². The highest BCUT2D eigenvalue weighted by atomic mass is 16.5. The summed E-state index contributed by atoms with van der Waals surface area (Å²) >= 11 is 0. The Hall–Kier alpha value is -1.06. The van der Waals surface area contributed by atoms with Crippen molar-refractivity contribution in [2.75, 3.05) is 32.8 Å². The van der Waals surface area contributed by atoms with E-state index in [9.17, 15) is 0 Å². The lowest BCUT2D eigenvalue weighted by Crippen LogP contribution is -2.31. The zero-order chi connectivity index (χ0) is 13.8. The van der Waals surface area contributed by atoms with Gasteiger partial charge in [0.25, 0.3) is 0 Å². The number of likely N-dealkylation sites (tertiary alicyclic amines) is 1. The van der Waals surface area contributed by atoms with Gasteiger partial charge in [-0.05, 0) is 55.6 Å². The number of nitrogens with one attached hydrogen (secondary N) is 1. The van der Waals surface area contributed by atoms with Crippen molar-refractivity contribution >= 4 is 0 Å². The van der Waals surface area contributed by atoms with E-state index in [4.69, 9.17) is 4.74 Å². The van der Waals surface area contributed by atoms with Crippen LogP contribution in [0, 0.1) is 5.92 Å². The third kappa shape index (κ3) is 3.53. The monoisotopic (exact) mass is 274 g/mol. The molecule has 0 bridgehead atoms. The Morgan fingerprint density at radius 1 is 1.30 bits per heavy atom. The van der Waals surface area contributed by atoms with E-state index >= 15 is 0 Å². The first-order valence-corrected chi connectivity index (χ1v) is 7.99. The van der Waals surface area contributed by atoms with Gasteiger partial charge >= 0.3 is 0 Å². The van der Waals surface area contributed by atoms with Crippen LogP contribution in [-0.4, -0.2) is 37.7 Å². The zero-order valence-corrected chi connectivity index (χ0v) is 12.5. The van der Waals surface area contributed by atoms with Crippen LogP contribution in [-0.2, 0) is 13.0 Å². The van der Waals surface area contributed by atoms with Gasteiger partial charge in [0, 0.05) is 19.5 Å². The normalized spacial score (nSPS) is 19.9. The summed E-state index contributed by atoms with van der Waals surface area (Å²) in [7, 11) is 0. The maximum atomic E-state index is 5.54. The van der Waals surface area contributed by atoms with Crippen LogP contribution in [0.25, 0.3) is 0 Å². The summed E-state index contributed by atoms with van der Waals surface area (Å²) in [5.41, 5.74) is 2.75. The van der Waals surface area contributed by atoms with Crippen molar-refractivity contribution in [1.29, 1.82) is 0 Å². The van der Waals surface area contributed by atoms with E-state index in [1.165, 1.54) is 43.6 Å². The molecule has 20 heavy (non-hydrogen) atoms. The summed E-state index contributed by atoms with van der Waals surface area (Å²) < 4.78 is 5.54. The lowest BCUT2D eigenvalue weighted by molar-refractivity contribution is 0.282. The SMILES string of the molecule is CC(CNCc1ccc2c(c1)CCO2)CN1CCCC1. The molecule has 1 aromatic rings. The molecule has 2 aliphatic heterocycles. The van der Waals surface area contributed by atoms with Crippen LogP contribution in [0.4, 0.5) is 0 Å². The molecule has 3 nitrogen and oxygen atoms in total. The molecule has 1 saturated heterocycles. The topological polar surface area (TPSA) is 24.5 Å². The third-order valence-corrected chi connectivity index (χ3v) is 4.34. The number of nitrogens with zero attached hydrogens (tertiary/aromatic N) is 1. The van der Waals surface area contributed by atoms with Crippen LogP contribution in [0.15, 0.2) is 18.2 Å². The highest BCUT2D eigenvalue weighted by Crippen LogP contribution is 2.25. The van der Waals surface area contributed by atoms with Gasteiger partial charge < -0.3 is 15.0 Å². The molecular weight excluding hydrogens is 248 g/mol. The first-order valence-electron chi connectivity index (χ1n) is 7.99. The Morgan fingerprint density at radius 3 is 3.00 bits per heavy atom. The molecule has 3 rings (SSSR count). The minimum absolute atomic E-state index is 0.728. The zero-order valence-electron chi connectivity index (χ0n) is 12.5. The van der Waals surface area contributed by atoms with Crippen LogP contribution in [0.3, 0.4) is 0 Å². The molecule has 2 aliphatic rings. The van der Waals surface area contributed by atoms with Crippen molar-refractivity contribution in [2.45, 2.75) is 32.7 Å². The minimum atomic E-state index is 0.728. The number of hydrogen-bond acceptors (Lipinski definition) is 3. The van der Waals surface area contributed by atoms with Crippen LogP contribution in [0.2, 0.25) is 0 Å². The van der Waals surface area contributed by atoms with E-state index in [1.54, 1.807) is 0 Å². The Kier molecular flexibility index (Phi) is 4.58. The molecule has 1 atom stereocenters. The second kappa shape index (κ2) is 6.59. The van der Waals surface area contributed by atoms with Gasteiger partial charge in [-0.1, -0.05) is 19.1 Å². The average molecular weight is 274 g/mol. The van der Waals surface area contributed by atoms with Crippen molar-refractivity contribution in [1.82, 2.24) is 10.2 Å². The smallest absolute Gasteiger partial charge is 0.122 e. The fourth-order valence-corrected chi connectivity index (χ4v) is 3.28. The van der Waals surface area contributed by atoms with E-state index in [2.05, 4.69) is 35.3 Å². The van der Waals surface area contributed by atoms with Crippen LogP contribution < -0.4 is 10.1 Å². The minimum Gasteiger partial charge on any atom is -0.493 e. The number of fused-ring (bicyclic) bond motifs is 1. The summed E-state index contributed by atoms with van der Waals surface area (Å²) in [5, 5.41) is 3.60. The van der Waals surface area contributed by atoms with Crippen LogP contribution in [0.1, 0.15) is 30.9 Å². The van der Waals surface area contributed by atoms with Gasteiger partial charge in [-0.3, -0.25) is 0 Å². The highest BCUT2D eigenvalue weighted by molar-refractivity contribution is 5.39. The van der Waals surface area contributed by atoms with Crippen molar-refractivity contribution in [3.63, 3.8) is 0 Å². The molecule has 0 amide bonds. The standard InChI is InChI=1S/C17H26N2O/c1-14(13-19-7-2-3-8-19)11-18-12-15-4-5-17-16(10-15)6-9-20-17/h4-5,10,14,18H,2-3,6-9,11-13H2,1H3. The van der Waals surface area contributed by atoms with Crippen LogP contribution >= 0.6 is 0 Å². The molecule has 0 aliphatic carbocycles. The maximum Gasteiger partial charge on any atom is 0.122 e. The lowest BCUT2D eigenvalue weighted by atomic mass is 10.1. The van der Waals surface area contributed by atoms with Gasteiger partial charge in [-0.15, -0.1) is 0 Å². The second-order valence-corrected chi connectivity index (χ2v) is 6.28. The van der Waals surface area contributed by atoms with E-state index in [0.717, 1.165) is 37.8 Å². The van der Waals surface area contributed by atoms with Gasteiger partial charge in [0.15, 0.2) is 0 Å². The fraction of sp³-hybridized carbons (Fsp3) is 0.647. The molecule has 2 heterocycles. The number of hydrogen-bond donors (Lipinski definition) is 1. The maximum absolute atomic E-state index is 5.54. The predicted molar refractivity (Wildman–Crippen MR) is 82.2 cm³/mol. The molecule has 1 aromatic carbocycles. The number of ether oxygens (including phenoxy) is 1. The van der Waals surface area contributed by atoms with Crippen molar-refractivity contribution in [3.8, 4) is 5.75 Å². The van der Waals surface area contributed by atoms with E-state index in [0.29, 0.717) is 0 Å². The van der Waals surface area contributed by atoms with Gasteiger partial charge in [-0.25, -0.2) is 0 Å². The summed E-state index contributed by atoms with van der Waals surface area (Å²) in [5.74, 6) is 1.81. The summed E-state index contributed by atoms with van der Waals surface area (Å²) in [6, 6.07) is 6.59. The third-order valence-electron chi connectivity index (χ3n) is 4.34. The van der Waals surface area contributed by atoms with Crippen molar-refractivity contribution < 1.29 is 4.74 Å². The summed E-state index contributed by atoms with van der Waals surface area (Å²) in [4.78, 5) is 2.60.